The van der Waals surface area contributed by atoms with Crippen LogP contribution in [-0.4, -0.2) is 29.2 Å². The Bertz CT molecular complexity index is 356. The summed E-state index contributed by atoms with van der Waals surface area (Å²) in [6.07, 6.45) is 0.910. The van der Waals surface area contributed by atoms with Crippen molar-refractivity contribution in [1.82, 2.24) is 9.97 Å². The number of aromatic nitrogens is 2. The van der Waals surface area contributed by atoms with Gasteiger partial charge in [0.1, 0.15) is 18.0 Å². The maximum atomic E-state index is 5.88. The Balaban J connectivity index is 2.95. The van der Waals surface area contributed by atoms with Gasteiger partial charge in [0.2, 0.25) is 5.88 Å². The summed E-state index contributed by atoms with van der Waals surface area (Å²) in [6.45, 7) is 9.37. The number of ether oxygens (including phenoxy) is 2. The Labute approximate surface area is 109 Å². The van der Waals surface area contributed by atoms with Crippen LogP contribution >= 0.6 is 0 Å². The van der Waals surface area contributed by atoms with E-state index in [9.17, 15) is 0 Å². The van der Waals surface area contributed by atoms with Crippen LogP contribution in [0.15, 0.2) is 6.07 Å². The highest BCUT2D eigenvalue weighted by molar-refractivity contribution is 5.38. The van der Waals surface area contributed by atoms with Crippen molar-refractivity contribution in [2.24, 2.45) is 0 Å². The van der Waals surface area contributed by atoms with E-state index >= 15 is 0 Å². The third kappa shape index (κ3) is 4.49. The summed E-state index contributed by atoms with van der Waals surface area (Å²) >= 11 is 0. The summed E-state index contributed by atoms with van der Waals surface area (Å²) in [6, 6.07) is 1.82. The average Bonchev–Trinajstić information content (AvgIpc) is 2.29. The zero-order valence-electron chi connectivity index (χ0n) is 11.9. The third-order valence-electron chi connectivity index (χ3n) is 2.61. The van der Waals surface area contributed by atoms with Gasteiger partial charge in [0, 0.05) is 19.7 Å². The fourth-order valence-electron chi connectivity index (χ4n) is 1.35. The fourth-order valence-corrected chi connectivity index (χ4v) is 1.35. The topological polar surface area (TPSA) is 56.3 Å². The highest BCUT2D eigenvalue weighted by atomic mass is 16.5. The second kappa shape index (κ2) is 6.54. The molecule has 0 spiro atoms. The maximum absolute atomic E-state index is 5.88. The van der Waals surface area contributed by atoms with Gasteiger partial charge in [-0.25, -0.2) is 4.98 Å². The molecular formula is C13H23N3O2. The van der Waals surface area contributed by atoms with Crippen LogP contribution in [0.4, 0.5) is 5.82 Å². The van der Waals surface area contributed by atoms with Crippen LogP contribution in [0, 0.1) is 0 Å². The van der Waals surface area contributed by atoms with Gasteiger partial charge in [-0.2, -0.15) is 4.98 Å². The Hall–Kier alpha value is -1.36. The molecule has 1 aromatic rings. The van der Waals surface area contributed by atoms with E-state index in [0.29, 0.717) is 18.3 Å². The number of anilines is 1. The number of nitrogens with one attached hydrogen (secondary N) is 1. The molecule has 0 amide bonds. The molecule has 1 aromatic heterocycles. The van der Waals surface area contributed by atoms with E-state index in [1.807, 2.05) is 26.8 Å². The molecule has 0 aromatic carbocycles. The lowest BCUT2D eigenvalue weighted by molar-refractivity contribution is 0.0972. The predicted octanol–water partition coefficient (Wildman–Crippen LogP) is 2.62. The van der Waals surface area contributed by atoms with Crippen molar-refractivity contribution in [2.75, 3.05) is 19.0 Å². The summed E-state index contributed by atoms with van der Waals surface area (Å²) in [5.74, 6) is 1.97. The maximum Gasteiger partial charge on any atom is 0.219 e. The molecule has 0 saturated heterocycles. The van der Waals surface area contributed by atoms with E-state index in [-0.39, 0.29) is 5.60 Å². The first-order valence-corrected chi connectivity index (χ1v) is 6.30. The molecule has 0 aliphatic carbocycles. The molecule has 0 saturated carbocycles. The molecule has 1 rings (SSSR count). The van der Waals surface area contributed by atoms with Gasteiger partial charge in [0.25, 0.3) is 0 Å². The highest BCUT2D eigenvalue weighted by Gasteiger charge is 2.18. The first-order chi connectivity index (χ1) is 8.50. The van der Waals surface area contributed by atoms with Crippen molar-refractivity contribution in [3.05, 3.63) is 11.9 Å². The van der Waals surface area contributed by atoms with Gasteiger partial charge in [-0.05, 0) is 27.2 Å². The number of nitrogens with zero attached hydrogens (tertiary/aromatic N) is 2. The minimum absolute atomic E-state index is 0.234. The third-order valence-corrected chi connectivity index (χ3v) is 2.61. The molecule has 0 aliphatic rings. The van der Waals surface area contributed by atoms with Gasteiger partial charge < -0.3 is 14.8 Å². The Kier molecular flexibility index (Phi) is 5.34. The normalized spacial score (nSPS) is 11.4. The van der Waals surface area contributed by atoms with Crippen LogP contribution in [0.2, 0.25) is 0 Å². The number of hydrogen-bond acceptors (Lipinski definition) is 5. The molecule has 0 fully saturated rings. The molecule has 0 aliphatic heterocycles. The van der Waals surface area contributed by atoms with Crippen molar-refractivity contribution < 1.29 is 9.47 Å². The SMILES string of the molecule is CCNc1cc(OC(C)(C)CC)nc(COC)n1. The lowest BCUT2D eigenvalue weighted by atomic mass is 10.1. The summed E-state index contributed by atoms with van der Waals surface area (Å²) in [5, 5.41) is 3.16. The Morgan fingerprint density at radius 2 is 2.00 bits per heavy atom. The van der Waals surface area contributed by atoms with E-state index in [4.69, 9.17) is 9.47 Å². The molecule has 0 atom stereocenters. The standard InChI is InChI=1S/C13H23N3O2/c1-6-13(3,4)18-12-8-10(14-7-2)15-11(16-12)9-17-5/h8H,6-7,9H2,1-5H3,(H,14,15,16). The van der Waals surface area contributed by atoms with Crippen LogP contribution in [-0.2, 0) is 11.3 Å². The molecule has 1 heterocycles. The lowest BCUT2D eigenvalue weighted by Crippen LogP contribution is -2.27. The number of rotatable bonds is 7. The van der Waals surface area contributed by atoms with E-state index in [1.165, 1.54) is 0 Å². The van der Waals surface area contributed by atoms with Gasteiger partial charge in [0.05, 0.1) is 0 Å². The van der Waals surface area contributed by atoms with Gasteiger partial charge in [-0.1, -0.05) is 6.92 Å². The molecule has 0 bridgehead atoms. The number of hydrogen-bond donors (Lipinski definition) is 1. The molecule has 1 N–H and O–H groups in total. The van der Waals surface area contributed by atoms with E-state index in [0.717, 1.165) is 18.8 Å². The van der Waals surface area contributed by atoms with Crippen molar-refractivity contribution in [3.63, 3.8) is 0 Å². The van der Waals surface area contributed by atoms with Gasteiger partial charge >= 0.3 is 0 Å². The summed E-state index contributed by atoms with van der Waals surface area (Å²) in [4.78, 5) is 8.68. The minimum atomic E-state index is -0.234. The van der Waals surface area contributed by atoms with Crippen LogP contribution in [0.25, 0.3) is 0 Å². The largest absolute Gasteiger partial charge is 0.472 e. The summed E-state index contributed by atoms with van der Waals surface area (Å²) < 4.78 is 10.9. The van der Waals surface area contributed by atoms with Crippen LogP contribution in [0.5, 0.6) is 5.88 Å². The van der Waals surface area contributed by atoms with E-state index < -0.39 is 0 Å². The predicted molar refractivity (Wildman–Crippen MR) is 71.9 cm³/mol. The van der Waals surface area contributed by atoms with Crippen molar-refractivity contribution in [3.8, 4) is 5.88 Å². The van der Waals surface area contributed by atoms with Crippen LogP contribution < -0.4 is 10.1 Å². The zero-order chi connectivity index (χ0) is 13.6. The van der Waals surface area contributed by atoms with Gasteiger partial charge in [0.15, 0.2) is 5.82 Å². The van der Waals surface area contributed by atoms with Crippen molar-refractivity contribution in [1.29, 1.82) is 0 Å². The van der Waals surface area contributed by atoms with Crippen LogP contribution in [0.3, 0.4) is 0 Å². The van der Waals surface area contributed by atoms with Crippen molar-refractivity contribution in [2.45, 2.75) is 46.3 Å². The lowest BCUT2D eigenvalue weighted by Gasteiger charge is -2.24. The molecule has 18 heavy (non-hydrogen) atoms. The first kappa shape index (κ1) is 14.7. The van der Waals surface area contributed by atoms with E-state index in [2.05, 4.69) is 22.2 Å². The summed E-state index contributed by atoms with van der Waals surface area (Å²) in [7, 11) is 1.62. The van der Waals surface area contributed by atoms with Gasteiger partial charge in [-0.15, -0.1) is 0 Å². The second-order valence-electron chi connectivity index (χ2n) is 4.69. The highest BCUT2D eigenvalue weighted by Crippen LogP contribution is 2.21. The first-order valence-electron chi connectivity index (χ1n) is 6.30. The monoisotopic (exact) mass is 253 g/mol. The van der Waals surface area contributed by atoms with Crippen molar-refractivity contribution >= 4 is 5.82 Å². The van der Waals surface area contributed by atoms with Gasteiger partial charge in [-0.3, -0.25) is 0 Å². The Morgan fingerprint density at radius 3 is 2.56 bits per heavy atom. The molecule has 102 valence electrons. The summed E-state index contributed by atoms with van der Waals surface area (Å²) in [5.41, 5.74) is -0.234. The van der Waals surface area contributed by atoms with Crippen LogP contribution in [0.1, 0.15) is 39.9 Å². The minimum Gasteiger partial charge on any atom is -0.472 e. The molecule has 0 unspecified atom stereocenters. The molecule has 0 radical (unpaired) electrons. The second-order valence-corrected chi connectivity index (χ2v) is 4.69. The number of methoxy groups -OCH3 is 1. The quantitative estimate of drug-likeness (QED) is 0.809. The molecule has 5 heteroatoms. The zero-order valence-corrected chi connectivity index (χ0v) is 11.9. The fraction of sp³-hybridized carbons (Fsp3) is 0.692. The Morgan fingerprint density at radius 1 is 1.28 bits per heavy atom. The average molecular weight is 253 g/mol. The molecular weight excluding hydrogens is 230 g/mol. The molecule has 5 nitrogen and oxygen atoms in total. The smallest absolute Gasteiger partial charge is 0.219 e. The van der Waals surface area contributed by atoms with E-state index in [1.54, 1.807) is 7.11 Å².